The smallest absolute Gasteiger partial charge is 0.252 e. The average Bonchev–Trinajstić information content (AvgIpc) is 2.29. The van der Waals surface area contributed by atoms with Crippen LogP contribution in [0, 0.1) is 0 Å². The van der Waals surface area contributed by atoms with E-state index in [1.807, 2.05) is 19.1 Å². The van der Waals surface area contributed by atoms with Gasteiger partial charge >= 0.3 is 0 Å². The van der Waals surface area contributed by atoms with Gasteiger partial charge in [-0.1, -0.05) is 15.9 Å². The normalized spacial score (nSPS) is 12.2. The van der Waals surface area contributed by atoms with Crippen LogP contribution in [0.4, 0.5) is 0 Å². The summed E-state index contributed by atoms with van der Waals surface area (Å²) in [6.45, 7) is 2.08. The minimum Gasteiger partial charge on any atom is -0.396 e. The maximum Gasteiger partial charge on any atom is 0.252 e. The molecule has 0 aliphatic heterocycles. The zero-order valence-corrected chi connectivity index (χ0v) is 12.7. The number of carbonyl (C=O) groups is 1. The summed E-state index contributed by atoms with van der Waals surface area (Å²) in [7, 11) is 0. The molecule has 3 nitrogen and oxygen atoms in total. The van der Waals surface area contributed by atoms with E-state index < -0.39 is 0 Å². The molecule has 0 aromatic heterocycles. The monoisotopic (exact) mass is 363 g/mol. The summed E-state index contributed by atoms with van der Waals surface area (Å²) in [5.74, 6) is -0.108. The first-order valence-electron chi connectivity index (χ1n) is 5.41. The SMILES string of the molecule is CC(CCCO)NC(=O)c1cc(Br)ccc1Br. The maximum atomic E-state index is 12.0. The molecule has 0 saturated heterocycles. The summed E-state index contributed by atoms with van der Waals surface area (Å²) < 4.78 is 1.64. The molecule has 1 atom stereocenters. The molecular weight excluding hydrogens is 350 g/mol. The third-order valence-electron chi connectivity index (χ3n) is 2.35. The van der Waals surface area contributed by atoms with Crippen LogP contribution >= 0.6 is 31.9 Å². The van der Waals surface area contributed by atoms with Crippen molar-refractivity contribution in [3.8, 4) is 0 Å². The van der Waals surface area contributed by atoms with Crippen LogP contribution in [0.25, 0.3) is 0 Å². The summed E-state index contributed by atoms with van der Waals surface area (Å²) in [6.07, 6.45) is 1.47. The second-order valence-corrected chi connectivity index (χ2v) is 5.63. The molecule has 0 fully saturated rings. The van der Waals surface area contributed by atoms with Gasteiger partial charge in [0.25, 0.3) is 5.91 Å². The Bertz CT molecular complexity index is 396. The first kappa shape index (κ1) is 14.7. The van der Waals surface area contributed by atoms with E-state index in [1.165, 1.54) is 0 Å². The second-order valence-electron chi connectivity index (χ2n) is 3.86. The summed E-state index contributed by atoms with van der Waals surface area (Å²) in [6, 6.07) is 5.53. The number of benzene rings is 1. The number of halogens is 2. The van der Waals surface area contributed by atoms with Crippen molar-refractivity contribution in [2.45, 2.75) is 25.8 Å². The minimum absolute atomic E-state index is 0.0560. The summed E-state index contributed by atoms with van der Waals surface area (Å²) in [4.78, 5) is 12.0. The van der Waals surface area contributed by atoms with Crippen LogP contribution in [-0.4, -0.2) is 23.7 Å². The fraction of sp³-hybridized carbons (Fsp3) is 0.417. The highest BCUT2D eigenvalue weighted by atomic mass is 79.9. The van der Waals surface area contributed by atoms with Crippen molar-refractivity contribution >= 4 is 37.8 Å². The Morgan fingerprint density at radius 3 is 2.82 bits per heavy atom. The van der Waals surface area contributed by atoms with E-state index >= 15 is 0 Å². The largest absolute Gasteiger partial charge is 0.396 e. The zero-order valence-electron chi connectivity index (χ0n) is 9.54. The van der Waals surface area contributed by atoms with Gasteiger partial charge in [0.05, 0.1) is 5.56 Å². The van der Waals surface area contributed by atoms with Gasteiger partial charge < -0.3 is 10.4 Å². The molecule has 1 unspecified atom stereocenters. The number of carbonyl (C=O) groups excluding carboxylic acids is 1. The van der Waals surface area contributed by atoms with Crippen molar-refractivity contribution in [1.82, 2.24) is 5.32 Å². The molecule has 1 rings (SSSR count). The molecule has 1 aromatic carbocycles. The first-order chi connectivity index (χ1) is 8.04. The fourth-order valence-electron chi connectivity index (χ4n) is 1.44. The highest BCUT2D eigenvalue weighted by Gasteiger charge is 2.12. The number of rotatable bonds is 5. The van der Waals surface area contributed by atoms with Crippen LogP contribution in [0.5, 0.6) is 0 Å². The Kier molecular flexibility index (Phi) is 6.16. The lowest BCUT2D eigenvalue weighted by Crippen LogP contribution is -2.32. The molecule has 17 heavy (non-hydrogen) atoms. The molecule has 5 heteroatoms. The Hall–Kier alpha value is -0.390. The molecule has 1 amide bonds. The van der Waals surface area contributed by atoms with Crippen LogP contribution in [-0.2, 0) is 0 Å². The van der Waals surface area contributed by atoms with Crippen molar-refractivity contribution in [2.24, 2.45) is 0 Å². The van der Waals surface area contributed by atoms with Gasteiger partial charge in [0.2, 0.25) is 0 Å². The van der Waals surface area contributed by atoms with Gasteiger partial charge in [-0.2, -0.15) is 0 Å². The van der Waals surface area contributed by atoms with Crippen molar-refractivity contribution < 1.29 is 9.90 Å². The van der Waals surface area contributed by atoms with Gasteiger partial charge in [0.15, 0.2) is 0 Å². The van der Waals surface area contributed by atoms with Crippen LogP contribution < -0.4 is 5.32 Å². The fourth-order valence-corrected chi connectivity index (χ4v) is 2.23. The molecule has 0 saturated carbocycles. The standard InChI is InChI=1S/C12H15Br2NO2/c1-8(3-2-6-16)15-12(17)10-7-9(13)4-5-11(10)14/h4-5,7-8,16H,2-3,6H2,1H3,(H,15,17). The lowest BCUT2D eigenvalue weighted by atomic mass is 10.1. The van der Waals surface area contributed by atoms with Gasteiger partial charge in [0, 0.05) is 21.6 Å². The number of hydrogen-bond acceptors (Lipinski definition) is 2. The molecule has 0 aliphatic carbocycles. The lowest BCUT2D eigenvalue weighted by Gasteiger charge is -2.14. The number of hydrogen-bond donors (Lipinski definition) is 2. The number of aliphatic hydroxyl groups is 1. The summed E-state index contributed by atoms with van der Waals surface area (Å²) in [5.41, 5.74) is 0.607. The minimum atomic E-state index is -0.108. The summed E-state index contributed by atoms with van der Waals surface area (Å²) >= 11 is 6.69. The Morgan fingerprint density at radius 2 is 2.18 bits per heavy atom. The summed E-state index contributed by atoms with van der Waals surface area (Å²) in [5, 5.41) is 11.6. The molecule has 94 valence electrons. The molecular formula is C12H15Br2NO2. The van der Waals surface area contributed by atoms with E-state index in [9.17, 15) is 4.79 Å². The molecule has 0 heterocycles. The predicted octanol–water partition coefficient (Wildman–Crippen LogP) is 3.10. The van der Waals surface area contributed by atoms with Crippen LogP contribution in [0.1, 0.15) is 30.1 Å². The molecule has 0 spiro atoms. The van der Waals surface area contributed by atoms with Gasteiger partial charge in [-0.3, -0.25) is 4.79 Å². The lowest BCUT2D eigenvalue weighted by molar-refractivity contribution is 0.0935. The van der Waals surface area contributed by atoms with Crippen molar-refractivity contribution in [3.63, 3.8) is 0 Å². The van der Waals surface area contributed by atoms with Crippen molar-refractivity contribution in [2.75, 3.05) is 6.61 Å². The first-order valence-corrected chi connectivity index (χ1v) is 7.00. The van der Waals surface area contributed by atoms with Crippen LogP contribution in [0.3, 0.4) is 0 Å². The average molecular weight is 365 g/mol. The third kappa shape index (κ3) is 4.77. The number of aliphatic hydroxyl groups excluding tert-OH is 1. The molecule has 1 aromatic rings. The van der Waals surface area contributed by atoms with Crippen LogP contribution in [0.15, 0.2) is 27.1 Å². The quantitative estimate of drug-likeness (QED) is 0.843. The van der Waals surface area contributed by atoms with E-state index in [2.05, 4.69) is 37.2 Å². The Balaban J connectivity index is 2.66. The van der Waals surface area contributed by atoms with Gasteiger partial charge in [0.1, 0.15) is 0 Å². The maximum absolute atomic E-state index is 12.0. The van der Waals surface area contributed by atoms with E-state index in [0.717, 1.165) is 15.4 Å². The van der Waals surface area contributed by atoms with E-state index in [4.69, 9.17) is 5.11 Å². The number of amides is 1. The topological polar surface area (TPSA) is 49.3 Å². The highest BCUT2D eigenvalue weighted by molar-refractivity contribution is 9.11. The molecule has 0 bridgehead atoms. The second kappa shape index (κ2) is 7.13. The van der Waals surface area contributed by atoms with Gasteiger partial charge in [-0.05, 0) is 53.9 Å². The van der Waals surface area contributed by atoms with E-state index in [0.29, 0.717) is 12.0 Å². The molecule has 0 radical (unpaired) electrons. The van der Waals surface area contributed by atoms with Gasteiger partial charge in [-0.15, -0.1) is 0 Å². The van der Waals surface area contributed by atoms with Crippen molar-refractivity contribution in [1.29, 1.82) is 0 Å². The van der Waals surface area contributed by atoms with Gasteiger partial charge in [-0.25, -0.2) is 0 Å². The highest BCUT2D eigenvalue weighted by Crippen LogP contribution is 2.21. The molecule has 0 aliphatic rings. The Labute approximate surface area is 118 Å². The molecule has 2 N–H and O–H groups in total. The van der Waals surface area contributed by atoms with Crippen LogP contribution in [0.2, 0.25) is 0 Å². The van der Waals surface area contributed by atoms with E-state index in [1.54, 1.807) is 6.07 Å². The van der Waals surface area contributed by atoms with Crippen molar-refractivity contribution in [3.05, 3.63) is 32.7 Å². The zero-order chi connectivity index (χ0) is 12.8. The number of nitrogens with one attached hydrogen (secondary N) is 1. The third-order valence-corrected chi connectivity index (χ3v) is 3.53. The Morgan fingerprint density at radius 1 is 1.47 bits per heavy atom. The van der Waals surface area contributed by atoms with E-state index in [-0.39, 0.29) is 18.6 Å². The predicted molar refractivity (Wildman–Crippen MR) is 75.1 cm³/mol.